The van der Waals surface area contributed by atoms with Crippen LogP contribution in [0.25, 0.3) is 0 Å². The number of rotatable bonds is 4. The molecule has 1 saturated heterocycles. The minimum Gasteiger partial charge on any atom is -0.337 e. The Balaban J connectivity index is 1.48. The van der Waals surface area contributed by atoms with Gasteiger partial charge in [0.25, 0.3) is 0 Å². The molecule has 0 atom stereocenters. The number of carbonyl (C=O) groups is 1. The second-order valence-electron chi connectivity index (χ2n) is 7.93. The molecule has 2 aliphatic rings. The molecule has 1 saturated carbocycles. The van der Waals surface area contributed by atoms with Gasteiger partial charge in [-0.15, -0.1) is 0 Å². The molecule has 1 aliphatic heterocycles. The van der Waals surface area contributed by atoms with Crippen LogP contribution >= 0.6 is 0 Å². The van der Waals surface area contributed by atoms with Crippen LogP contribution in [0.4, 0.5) is 4.79 Å². The number of likely N-dealkylation sites (tertiary alicyclic amines) is 1. The van der Waals surface area contributed by atoms with E-state index in [1.165, 1.54) is 30.4 Å². The molecule has 1 spiro atoms. The van der Waals surface area contributed by atoms with Crippen molar-refractivity contribution < 1.29 is 4.79 Å². The first-order valence-electron chi connectivity index (χ1n) is 9.25. The first-order chi connectivity index (χ1) is 12.1. The van der Waals surface area contributed by atoms with Crippen LogP contribution in [0, 0.1) is 5.41 Å². The van der Waals surface area contributed by atoms with E-state index in [-0.39, 0.29) is 11.4 Å². The first kappa shape index (κ1) is 16.2. The molecule has 2 fully saturated rings. The first-order valence-corrected chi connectivity index (χ1v) is 9.25. The lowest BCUT2D eigenvalue weighted by molar-refractivity contribution is -0.0325. The van der Waals surface area contributed by atoms with E-state index in [2.05, 4.69) is 60.8 Å². The van der Waals surface area contributed by atoms with E-state index in [0.717, 1.165) is 13.1 Å². The Hall–Kier alpha value is -2.29. The van der Waals surface area contributed by atoms with Crippen molar-refractivity contribution in [1.29, 1.82) is 0 Å². The van der Waals surface area contributed by atoms with Gasteiger partial charge in [0.15, 0.2) is 0 Å². The summed E-state index contributed by atoms with van der Waals surface area (Å²) in [6.45, 7) is 4.68. The zero-order valence-corrected chi connectivity index (χ0v) is 14.9. The number of benzene rings is 2. The molecular weight excluding hydrogens is 308 g/mol. The van der Waals surface area contributed by atoms with Gasteiger partial charge in [-0.25, -0.2) is 4.79 Å². The third-order valence-corrected chi connectivity index (χ3v) is 6.17. The van der Waals surface area contributed by atoms with Crippen LogP contribution < -0.4 is 5.32 Å². The molecule has 0 unspecified atom stereocenters. The fourth-order valence-corrected chi connectivity index (χ4v) is 4.25. The largest absolute Gasteiger partial charge is 0.337 e. The van der Waals surface area contributed by atoms with Gasteiger partial charge in [-0.2, -0.15) is 0 Å². The lowest BCUT2D eigenvalue weighted by atomic mass is 9.64. The molecule has 130 valence electrons. The maximum atomic E-state index is 12.6. The van der Waals surface area contributed by atoms with E-state index in [9.17, 15) is 4.79 Å². The lowest BCUT2D eigenvalue weighted by Gasteiger charge is -2.55. The van der Waals surface area contributed by atoms with Gasteiger partial charge in [-0.05, 0) is 30.9 Å². The van der Waals surface area contributed by atoms with Gasteiger partial charge in [0, 0.05) is 30.5 Å². The molecule has 3 heteroatoms. The van der Waals surface area contributed by atoms with Crippen molar-refractivity contribution in [2.45, 2.75) is 31.6 Å². The minimum absolute atomic E-state index is 0.0793. The summed E-state index contributed by atoms with van der Waals surface area (Å²) in [6.07, 6.45) is 3.92. The summed E-state index contributed by atoms with van der Waals surface area (Å²) in [4.78, 5) is 14.5. The molecule has 25 heavy (non-hydrogen) atoms. The maximum Gasteiger partial charge on any atom is 0.317 e. The van der Waals surface area contributed by atoms with E-state index in [1.54, 1.807) is 0 Å². The maximum absolute atomic E-state index is 12.6. The van der Waals surface area contributed by atoms with E-state index in [1.807, 2.05) is 17.0 Å². The molecule has 3 nitrogen and oxygen atoms in total. The van der Waals surface area contributed by atoms with Crippen molar-refractivity contribution in [3.05, 3.63) is 71.8 Å². The monoisotopic (exact) mass is 334 g/mol. The number of urea groups is 1. The van der Waals surface area contributed by atoms with E-state index >= 15 is 0 Å². The Morgan fingerprint density at radius 1 is 1.00 bits per heavy atom. The zero-order chi connectivity index (χ0) is 17.3. The van der Waals surface area contributed by atoms with Gasteiger partial charge in [0.1, 0.15) is 0 Å². The lowest BCUT2D eigenvalue weighted by Crippen LogP contribution is -2.63. The Kier molecular flexibility index (Phi) is 4.03. The molecule has 4 rings (SSSR count). The zero-order valence-electron chi connectivity index (χ0n) is 14.9. The number of nitrogens with zero attached hydrogens (tertiary/aromatic N) is 1. The van der Waals surface area contributed by atoms with Gasteiger partial charge in [0.05, 0.1) is 0 Å². The fourth-order valence-electron chi connectivity index (χ4n) is 4.25. The molecule has 2 aromatic carbocycles. The standard InChI is InChI=1S/C22H26N2O/c1-21(18-9-4-2-5-10-18,19-11-6-3-7-12-19)15-23-20(25)24-16-22(17-24)13-8-14-22/h2-7,9-12H,8,13-17H2,1H3,(H,23,25). The summed E-state index contributed by atoms with van der Waals surface area (Å²) >= 11 is 0. The second-order valence-corrected chi connectivity index (χ2v) is 7.93. The van der Waals surface area contributed by atoms with Crippen LogP contribution in [0.2, 0.25) is 0 Å². The summed E-state index contributed by atoms with van der Waals surface area (Å²) in [6, 6.07) is 21.0. The number of carbonyl (C=O) groups excluding carboxylic acids is 1. The second kappa shape index (κ2) is 6.21. The predicted octanol–water partition coefficient (Wildman–Crippen LogP) is 4.19. The van der Waals surface area contributed by atoms with Gasteiger partial charge in [0.2, 0.25) is 0 Å². The normalized spacial score (nSPS) is 18.4. The van der Waals surface area contributed by atoms with Gasteiger partial charge < -0.3 is 10.2 Å². The summed E-state index contributed by atoms with van der Waals surface area (Å²) in [5, 5.41) is 3.20. The summed E-state index contributed by atoms with van der Waals surface area (Å²) in [5.74, 6) is 0. The Morgan fingerprint density at radius 3 is 1.96 bits per heavy atom. The number of nitrogens with one attached hydrogen (secondary N) is 1. The average Bonchev–Trinajstić information content (AvgIpc) is 2.59. The van der Waals surface area contributed by atoms with Crippen molar-refractivity contribution in [3.63, 3.8) is 0 Å². The molecule has 0 aromatic heterocycles. The summed E-state index contributed by atoms with van der Waals surface area (Å²) in [5.41, 5.74) is 2.68. The molecule has 0 bridgehead atoms. The highest BCUT2D eigenvalue weighted by Gasteiger charge is 2.49. The van der Waals surface area contributed by atoms with Gasteiger partial charge >= 0.3 is 6.03 Å². The Labute approximate surface area is 150 Å². The van der Waals surface area contributed by atoms with Crippen molar-refractivity contribution in [3.8, 4) is 0 Å². The van der Waals surface area contributed by atoms with Crippen LogP contribution in [0.3, 0.4) is 0 Å². The molecule has 0 radical (unpaired) electrons. The Bertz CT molecular complexity index is 690. The number of amides is 2. The van der Waals surface area contributed by atoms with Crippen molar-refractivity contribution in [2.75, 3.05) is 19.6 Å². The highest BCUT2D eigenvalue weighted by Crippen LogP contribution is 2.48. The molecular formula is C22H26N2O. The van der Waals surface area contributed by atoms with Crippen LogP contribution in [0.5, 0.6) is 0 Å². The highest BCUT2D eigenvalue weighted by molar-refractivity contribution is 5.75. The van der Waals surface area contributed by atoms with E-state index in [4.69, 9.17) is 0 Å². The molecule has 2 aromatic rings. The third-order valence-electron chi connectivity index (χ3n) is 6.17. The SMILES string of the molecule is CC(CNC(=O)N1CC2(CCC2)C1)(c1ccccc1)c1ccccc1. The average molecular weight is 334 g/mol. The minimum atomic E-state index is -0.239. The van der Waals surface area contributed by atoms with Gasteiger partial charge in [-0.1, -0.05) is 67.1 Å². The summed E-state index contributed by atoms with van der Waals surface area (Å²) in [7, 11) is 0. The van der Waals surface area contributed by atoms with E-state index in [0.29, 0.717) is 12.0 Å². The van der Waals surface area contributed by atoms with Crippen LogP contribution in [-0.4, -0.2) is 30.6 Å². The quantitative estimate of drug-likeness (QED) is 0.893. The van der Waals surface area contributed by atoms with Crippen LogP contribution in [-0.2, 0) is 5.41 Å². The van der Waals surface area contributed by atoms with Crippen LogP contribution in [0.1, 0.15) is 37.3 Å². The highest BCUT2D eigenvalue weighted by atomic mass is 16.2. The fraction of sp³-hybridized carbons (Fsp3) is 0.409. The van der Waals surface area contributed by atoms with Crippen molar-refractivity contribution in [2.24, 2.45) is 5.41 Å². The van der Waals surface area contributed by atoms with Crippen LogP contribution in [0.15, 0.2) is 60.7 Å². The molecule has 1 aliphatic carbocycles. The number of hydrogen-bond donors (Lipinski definition) is 1. The Morgan fingerprint density at radius 2 is 1.52 bits per heavy atom. The topological polar surface area (TPSA) is 32.3 Å². The van der Waals surface area contributed by atoms with Crippen molar-refractivity contribution >= 4 is 6.03 Å². The van der Waals surface area contributed by atoms with Gasteiger partial charge in [-0.3, -0.25) is 0 Å². The molecule has 1 N–H and O–H groups in total. The smallest absolute Gasteiger partial charge is 0.317 e. The van der Waals surface area contributed by atoms with E-state index < -0.39 is 0 Å². The molecule has 2 amide bonds. The summed E-state index contributed by atoms with van der Waals surface area (Å²) < 4.78 is 0. The van der Waals surface area contributed by atoms with Crippen molar-refractivity contribution in [1.82, 2.24) is 10.2 Å². The third kappa shape index (κ3) is 2.92. The number of hydrogen-bond acceptors (Lipinski definition) is 1. The predicted molar refractivity (Wildman–Crippen MR) is 101 cm³/mol. The molecule has 1 heterocycles.